The number of para-hydroxylation sites is 3. The molecule has 2 heterocycles. The highest BCUT2D eigenvalue weighted by Gasteiger charge is 2.31. The molecule has 6 nitrogen and oxygen atoms in total. The summed E-state index contributed by atoms with van der Waals surface area (Å²) in [6.45, 7) is 15.9. The summed E-state index contributed by atoms with van der Waals surface area (Å²) >= 11 is 0. The fraction of sp³-hybridized carbons (Fsp3) is 0.0169. The number of alkyl halides is 3. The van der Waals surface area contributed by atoms with Gasteiger partial charge >= 0.3 is 6.18 Å². The number of hydrogen-bond donors (Lipinski definition) is 0. The van der Waals surface area contributed by atoms with Crippen molar-refractivity contribution >= 4 is 55.0 Å². The van der Waals surface area contributed by atoms with E-state index in [1.807, 2.05) is 127 Å². The average molecular weight is 881 g/mol. The van der Waals surface area contributed by atoms with Crippen LogP contribution in [-0.2, 0) is 6.18 Å². The molecule has 68 heavy (non-hydrogen) atoms. The molecule has 0 aliphatic rings. The second-order valence-electron chi connectivity index (χ2n) is 16.4. The van der Waals surface area contributed by atoms with Crippen LogP contribution in [-0.4, -0.2) is 9.13 Å². The maximum absolute atomic E-state index is 14.0. The van der Waals surface area contributed by atoms with Crippen LogP contribution in [0.25, 0.3) is 109 Å². The van der Waals surface area contributed by atoms with E-state index in [0.29, 0.717) is 39.1 Å². The van der Waals surface area contributed by atoms with Crippen molar-refractivity contribution in [1.82, 2.24) is 9.13 Å². The molecule has 11 rings (SSSR count). The van der Waals surface area contributed by atoms with Gasteiger partial charge in [0.05, 0.1) is 69.9 Å². The van der Waals surface area contributed by atoms with Gasteiger partial charge < -0.3 is 9.13 Å². The molecule has 9 aromatic carbocycles. The van der Waals surface area contributed by atoms with Crippen LogP contribution in [0.5, 0.6) is 0 Å². The van der Waals surface area contributed by atoms with Crippen molar-refractivity contribution in [3.63, 3.8) is 0 Å². The quantitative estimate of drug-likeness (QED) is 0.156. The van der Waals surface area contributed by atoms with E-state index in [9.17, 15) is 23.7 Å². The molecule has 0 radical (unpaired) electrons. The SMILES string of the molecule is [C-]#[N+]c1ccccc1-c1ccc2c(c1)c1ccccc1n2-c1ccc(C#N)cc1-c1cc(-c2ccc(C(F)(F)F)cc2[N+]#[C-])ccc1-n1c2ccccc2c2cc(-c3ccccc3C#N)ccc21. The second kappa shape index (κ2) is 16.1. The fourth-order valence-corrected chi connectivity index (χ4v) is 9.62. The molecule has 0 aliphatic heterocycles. The summed E-state index contributed by atoms with van der Waals surface area (Å²) < 4.78 is 46.3. The van der Waals surface area contributed by atoms with E-state index in [1.54, 1.807) is 18.2 Å². The van der Waals surface area contributed by atoms with Gasteiger partial charge in [0.15, 0.2) is 11.4 Å². The number of nitrogens with zero attached hydrogens (tertiary/aromatic N) is 6. The number of nitriles is 2. The van der Waals surface area contributed by atoms with Gasteiger partial charge in [0.2, 0.25) is 0 Å². The van der Waals surface area contributed by atoms with Gasteiger partial charge in [0, 0.05) is 38.2 Å². The Hall–Kier alpha value is -9.67. The van der Waals surface area contributed by atoms with Gasteiger partial charge in [0.25, 0.3) is 0 Å². The molecule has 0 N–H and O–H groups in total. The molecular formula is C59H31F3N6. The lowest BCUT2D eigenvalue weighted by Gasteiger charge is -2.20. The lowest BCUT2D eigenvalue weighted by molar-refractivity contribution is -0.137. The largest absolute Gasteiger partial charge is 0.415 e. The second-order valence-corrected chi connectivity index (χ2v) is 16.4. The predicted octanol–water partition coefficient (Wildman–Crippen LogP) is 16.4. The Balaban J connectivity index is 1.22. The maximum Gasteiger partial charge on any atom is 0.415 e. The Labute approximate surface area is 388 Å². The number of halogens is 3. The van der Waals surface area contributed by atoms with Gasteiger partial charge in [-0.05, 0) is 112 Å². The number of fused-ring (bicyclic) bond motifs is 6. The van der Waals surface area contributed by atoms with Crippen molar-refractivity contribution < 1.29 is 13.2 Å². The van der Waals surface area contributed by atoms with Gasteiger partial charge in [0.1, 0.15) is 0 Å². The Kier molecular flexibility index (Phi) is 9.72. The lowest BCUT2D eigenvalue weighted by Crippen LogP contribution is -2.04. The minimum atomic E-state index is -4.64. The van der Waals surface area contributed by atoms with E-state index in [1.165, 1.54) is 6.07 Å². The topological polar surface area (TPSA) is 66.2 Å². The van der Waals surface area contributed by atoms with E-state index < -0.39 is 11.7 Å². The summed E-state index contributed by atoms with van der Waals surface area (Å²) in [5.41, 5.74) is 10.9. The maximum atomic E-state index is 14.0. The van der Waals surface area contributed by atoms with Gasteiger partial charge in [-0.2, -0.15) is 23.7 Å². The van der Waals surface area contributed by atoms with Crippen LogP contribution >= 0.6 is 0 Å². The first-order valence-corrected chi connectivity index (χ1v) is 21.5. The van der Waals surface area contributed by atoms with Crippen LogP contribution in [0.2, 0.25) is 0 Å². The van der Waals surface area contributed by atoms with Crippen molar-refractivity contribution in [3.05, 3.63) is 228 Å². The minimum absolute atomic E-state index is 0.149. The van der Waals surface area contributed by atoms with E-state index >= 15 is 0 Å². The summed E-state index contributed by atoms with van der Waals surface area (Å²) in [4.78, 5) is 7.37. The average Bonchev–Trinajstić information content (AvgIpc) is 3.89. The highest BCUT2D eigenvalue weighted by Crippen LogP contribution is 2.46. The smallest absolute Gasteiger partial charge is 0.309 e. The Morgan fingerprint density at radius 2 is 0.912 bits per heavy atom. The fourth-order valence-electron chi connectivity index (χ4n) is 9.62. The van der Waals surface area contributed by atoms with E-state index in [4.69, 9.17) is 13.1 Å². The van der Waals surface area contributed by atoms with Crippen LogP contribution in [0.1, 0.15) is 16.7 Å². The highest BCUT2D eigenvalue weighted by molar-refractivity contribution is 6.13. The molecular weight excluding hydrogens is 850 g/mol. The molecule has 0 amide bonds. The van der Waals surface area contributed by atoms with Gasteiger partial charge in [-0.25, -0.2) is 9.69 Å². The number of hydrogen-bond acceptors (Lipinski definition) is 2. The monoisotopic (exact) mass is 880 g/mol. The van der Waals surface area contributed by atoms with Crippen LogP contribution in [0.3, 0.4) is 0 Å². The third kappa shape index (κ3) is 6.63. The molecule has 0 spiro atoms. The van der Waals surface area contributed by atoms with Crippen molar-refractivity contribution in [1.29, 1.82) is 10.5 Å². The molecule has 0 saturated carbocycles. The number of aromatic nitrogens is 2. The third-order valence-electron chi connectivity index (χ3n) is 12.7. The molecule has 2 aromatic heterocycles. The van der Waals surface area contributed by atoms with Crippen LogP contribution in [0.4, 0.5) is 24.5 Å². The normalized spacial score (nSPS) is 11.4. The molecule has 11 aromatic rings. The van der Waals surface area contributed by atoms with Gasteiger partial charge in [-0.3, -0.25) is 0 Å². The first-order valence-electron chi connectivity index (χ1n) is 21.5. The Bertz CT molecular complexity index is 4090. The zero-order valence-electron chi connectivity index (χ0n) is 35.7. The molecule has 0 aliphatic carbocycles. The van der Waals surface area contributed by atoms with E-state index in [0.717, 1.165) is 89.4 Å². The number of benzene rings is 9. The summed E-state index contributed by atoms with van der Waals surface area (Å²) in [7, 11) is 0. The molecule has 0 fully saturated rings. The first-order chi connectivity index (χ1) is 33.2. The summed E-state index contributed by atoms with van der Waals surface area (Å²) in [6.07, 6.45) is -4.64. The molecule has 0 bridgehead atoms. The lowest BCUT2D eigenvalue weighted by atomic mass is 9.93. The molecule has 0 unspecified atom stereocenters. The van der Waals surface area contributed by atoms with E-state index in [2.05, 4.69) is 55.2 Å². The predicted molar refractivity (Wildman–Crippen MR) is 264 cm³/mol. The van der Waals surface area contributed by atoms with E-state index in [-0.39, 0.29) is 5.69 Å². The highest BCUT2D eigenvalue weighted by atomic mass is 19.4. The molecule has 0 atom stereocenters. The van der Waals surface area contributed by atoms with Crippen molar-refractivity contribution in [3.8, 4) is 68.0 Å². The standard InChI is InChI=1S/C59H31F3N6/c1-65-51-16-8-5-13-43(51)38-21-27-57-49(31-38)46-15-7-9-17-53(46)67(57)55-25-19-36(34-63)29-47(55)50-32-39(44-24-23-41(59(60,61)62)33-52(44)66-2)22-28-58(50)68-54-18-10-6-14-45(54)48-30-37(20-26-56(48)68)42-12-4-3-11-40(42)35-64/h3-33H. The van der Waals surface area contributed by atoms with Crippen LogP contribution < -0.4 is 0 Å². The zero-order chi connectivity index (χ0) is 46.7. The van der Waals surface area contributed by atoms with Gasteiger partial charge in [-0.1, -0.05) is 109 Å². The summed E-state index contributed by atoms with van der Waals surface area (Å²) in [6, 6.07) is 62.4. The molecule has 0 saturated heterocycles. The Morgan fingerprint density at radius 1 is 0.412 bits per heavy atom. The Morgan fingerprint density at radius 3 is 1.53 bits per heavy atom. The van der Waals surface area contributed by atoms with Gasteiger partial charge in [-0.15, -0.1) is 0 Å². The molecule has 318 valence electrons. The molecule has 9 heteroatoms. The minimum Gasteiger partial charge on any atom is -0.309 e. The van der Waals surface area contributed by atoms with Crippen molar-refractivity contribution in [2.75, 3.05) is 0 Å². The number of rotatable bonds is 6. The first kappa shape index (κ1) is 41.1. The van der Waals surface area contributed by atoms with Crippen molar-refractivity contribution in [2.45, 2.75) is 6.18 Å². The van der Waals surface area contributed by atoms with Crippen LogP contribution in [0, 0.1) is 35.8 Å². The third-order valence-corrected chi connectivity index (χ3v) is 12.7. The summed E-state index contributed by atoms with van der Waals surface area (Å²) in [5.74, 6) is 0. The summed E-state index contributed by atoms with van der Waals surface area (Å²) in [5, 5.41) is 24.3. The zero-order valence-corrected chi connectivity index (χ0v) is 35.7. The van der Waals surface area contributed by atoms with Crippen LogP contribution in [0.15, 0.2) is 188 Å². The van der Waals surface area contributed by atoms with Crippen molar-refractivity contribution in [2.24, 2.45) is 0 Å².